The fourth-order valence-corrected chi connectivity index (χ4v) is 10.6. The molecule has 316 valence electrons. The highest BCUT2D eigenvalue weighted by Crippen LogP contribution is 2.43. The van der Waals surface area contributed by atoms with Gasteiger partial charge in [0.1, 0.15) is 34.9 Å². The van der Waals surface area contributed by atoms with E-state index in [4.69, 9.17) is 9.47 Å². The lowest BCUT2D eigenvalue weighted by atomic mass is 10.0. The molecule has 2 aliphatic heterocycles. The molecule has 0 fully saturated rings. The van der Waals surface area contributed by atoms with E-state index in [0.717, 1.165) is 71.3 Å². The first-order valence-corrected chi connectivity index (χ1v) is 22.1. The summed E-state index contributed by atoms with van der Waals surface area (Å²) in [5.74, 6) is 3.14. The van der Waals surface area contributed by atoms with Gasteiger partial charge >= 0.3 is 12.2 Å². The first-order valence-electron chi connectivity index (χ1n) is 19.7. The number of carbonyl (C=O) groups excluding carboxylic acids is 2. The lowest BCUT2D eigenvalue weighted by Gasteiger charge is -2.26. The molecular weight excluding hydrogens is 873 g/mol. The highest BCUT2D eigenvalue weighted by Gasteiger charge is 2.36. The molecule has 15 heteroatoms. The van der Waals surface area contributed by atoms with Crippen LogP contribution in [0.3, 0.4) is 0 Å². The highest BCUT2D eigenvalue weighted by atomic mass is 79.9. The molecule has 0 saturated heterocycles. The predicted octanol–water partition coefficient (Wildman–Crippen LogP) is 11.3. The summed E-state index contributed by atoms with van der Waals surface area (Å²) in [4.78, 5) is 32.1. The second-order valence-corrected chi connectivity index (χ2v) is 18.1. The maximum absolute atomic E-state index is 13.3. The standard InChI is InChI=1S/C26H26N4O2S.C19H19BrN4O2S.CH4/c1-17-24-28-27-19(3)30(24)25-23(22(18(2)33-25)14-20-10-6-4-7-11-20)15-29(17)26(31)32-16-21-12-8-5-9-13-21;1-11-17-22-21-13(3)24(17)18-15(16(20)12(2)27-18)9-23(11)19(25)26-10-14-7-5-4-6-8-14;/h4-13,17H,14-16H2,1-3H3;4-8,11H,9-10H2,1-3H3;1H4/t17-;11-;/m00./s1. The van der Waals surface area contributed by atoms with Gasteiger partial charge in [-0.2, -0.15) is 0 Å². The number of benzene rings is 3. The third-order valence-corrected chi connectivity index (χ3v) is 14.6. The fraction of sp³-hybridized carbons (Fsp3) is 0.304. The van der Waals surface area contributed by atoms with Gasteiger partial charge in [0.2, 0.25) is 0 Å². The van der Waals surface area contributed by atoms with E-state index < -0.39 is 0 Å². The molecule has 0 N–H and O–H groups in total. The van der Waals surface area contributed by atoms with Gasteiger partial charge in [-0.1, -0.05) is 98.4 Å². The van der Waals surface area contributed by atoms with E-state index in [1.165, 1.54) is 16.0 Å². The number of amides is 2. The topological polar surface area (TPSA) is 120 Å². The second kappa shape index (κ2) is 18.5. The molecule has 0 unspecified atom stereocenters. The van der Waals surface area contributed by atoms with Crippen molar-refractivity contribution in [2.45, 2.75) is 93.8 Å². The van der Waals surface area contributed by atoms with Crippen LogP contribution in [0.1, 0.15) is 99.8 Å². The number of hydrogen-bond donors (Lipinski definition) is 0. The number of rotatable bonds is 6. The SMILES string of the molecule is C.Cc1sc2c(c1Br)CN(C(=O)OCc1ccccc1)[C@@H](C)c1nnc(C)n1-2.Cc1sc2c(c1Cc1ccccc1)CN(C(=O)OCc1ccccc1)[C@@H](C)c1nnc(C)n1-2. The lowest BCUT2D eigenvalue weighted by Crippen LogP contribution is -2.33. The number of aryl methyl sites for hydroxylation is 4. The quantitative estimate of drug-likeness (QED) is 0.162. The van der Waals surface area contributed by atoms with Crippen molar-refractivity contribution in [2.75, 3.05) is 0 Å². The summed E-state index contributed by atoms with van der Waals surface area (Å²) in [6.07, 6.45) is 0.110. The average molecular weight is 922 g/mol. The van der Waals surface area contributed by atoms with E-state index in [-0.39, 0.29) is 44.9 Å². The molecule has 4 aromatic heterocycles. The van der Waals surface area contributed by atoms with Crippen LogP contribution in [0.5, 0.6) is 0 Å². The molecule has 2 amide bonds. The summed E-state index contributed by atoms with van der Waals surface area (Å²) in [5.41, 5.74) is 6.63. The number of carbonyl (C=O) groups is 2. The van der Waals surface area contributed by atoms with Crippen molar-refractivity contribution in [1.29, 1.82) is 0 Å². The Morgan fingerprint density at radius 1 is 0.623 bits per heavy atom. The van der Waals surface area contributed by atoms with Crippen LogP contribution in [0.25, 0.3) is 10.0 Å². The van der Waals surface area contributed by atoms with Gasteiger partial charge in [-0.05, 0) is 86.1 Å². The van der Waals surface area contributed by atoms with Crippen LogP contribution in [0.15, 0.2) is 95.5 Å². The Morgan fingerprint density at radius 2 is 1.03 bits per heavy atom. The molecule has 12 nitrogen and oxygen atoms in total. The largest absolute Gasteiger partial charge is 0.445 e. The van der Waals surface area contributed by atoms with Crippen molar-refractivity contribution < 1.29 is 19.1 Å². The molecule has 0 saturated carbocycles. The van der Waals surface area contributed by atoms with Crippen LogP contribution in [-0.2, 0) is 42.2 Å². The van der Waals surface area contributed by atoms with Gasteiger partial charge in [0.25, 0.3) is 0 Å². The smallest absolute Gasteiger partial charge is 0.411 e. The molecule has 2 aliphatic rings. The van der Waals surface area contributed by atoms with Crippen LogP contribution in [0.2, 0.25) is 0 Å². The molecule has 3 aromatic carbocycles. The van der Waals surface area contributed by atoms with Gasteiger partial charge in [-0.25, -0.2) is 9.59 Å². The van der Waals surface area contributed by atoms with E-state index >= 15 is 0 Å². The Labute approximate surface area is 372 Å². The zero-order chi connectivity index (χ0) is 42.1. The number of nitrogens with zero attached hydrogens (tertiary/aromatic N) is 8. The van der Waals surface area contributed by atoms with E-state index in [1.807, 2.05) is 99.0 Å². The summed E-state index contributed by atoms with van der Waals surface area (Å²) in [5, 5.41) is 19.5. The van der Waals surface area contributed by atoms with E-state index in [0.29, 0.717) is 13.1 Å². The van der Waals surface area contributed by atoms with Crippen molar-refractivity contribution in [3.63, 3.8) is 0 Å². The van der Waals surface area contributed by atoms with Crippen LogP contribution in [0.4, 0.5) is 9.59 Å². The monoisotopic (exact) mass is 920 g/mol. The summed E-state index contributed by atoms with van der Waals surface area (Å²) in [6.45, 7) is 13.5. The third-order valence-electron chi connectivity index (χ3n) is 10.9. The van der Waals surface area contributed by atoms with Gasteiger partial charge in [-0.3, -0.25) is 18.9 Å². The van der Waals surface area contributed by atoms with Crippen molar-refractivity contribution in [1.82, 2.24) is 39.3 Å². The minimum atomic E-state index is -0.359. The number of aromatic nitrogens is 6. The third kappa shape index (κ3) is 8.77. The maximum Gasteiger partial charge on any atom is 0.411 e. The van der Waals surface area contributed by atoms with E-state index in [9.17, 15) is 9.59 Å². The van der Waals surface area contributed by atoms with Crippen LogP contribution >= 0.6 is 38.6 Å². The molecule has 7 aromatic rings. The maximum atomic E-state index is 13.3. The molecule has 9 rings (SSSR count). The lowest BCUT2D eigenvalue weighted by molar-refractivity contribution is 0.0783. The Kier molecular flexibility index (Phi) is 13.2. The van der Waals surface area contributed by atoms with Gasteiger partial charge in [0, 0.05) is 25.4 Å². The zero-order valence-electron chi connectivity index (χ0n) is 34.3. The second-order valence-electron chi connectivity index (χ2n) is 14.9. The molecule has 2 atom stereocenters. The van der Waals surface area contributed by atoms with E-state index in [2.05, 4.69) is 79.0 Å². The Balaban J connectivity index is 0.000000185. The average Bonchev–Trinajstić information content (AvgIpc) is 3.96. The van der Waals surface area contributed by atoms with Crippen molar-refractivity contribution in [3.8, 4) is 10.0 Å². The summed E-state index contributed by atoms with van der Waals surface area (Å²) >= 11 is 7.10. The van der Waals surface area contributed by atoms with Crippen LogP contribution in [0, 0.1) is 27.7 Å². The number of fused-ring (bicyclic) bond motifs is 6. The number of hydrogen-bond acceptors (Lipinski definition) is 10. The van der Waals surface area contributed by atoms with Crippen molar-refractivity contribution in [3.05, 3.63) is 162 Å². The molecule has 61 heavy (non-hydrogen) atoms. The highest BCUT2D eigenvalue weighted by molar-refractivity contribution is 9.10. The van der Waals surface area contributed by atoms with Gasteiger partial charge in [-0.15, -0.1) is 43.1 Å². The normalized spacial score (nSPS) is 15.1. The van der Waals surface area contributed by atoms with Crippen molar-refractivity contribution >= 4 is 50.8 Å². The Bertz CT molecular complexity index is 2640. The fourth-order valence-electron chi connectivity index (χ4n) is 7.60. The number of ether oxygens (including phenoxy) is 2. The molecule has 0 radical (unpaired) electrons. The summed E-state index contributed by atoms with van der Waals surface area (Å²) < 4.78 is 16.5. The number of thiophene rings is 2. The summed E-state index contributed by atoms with van der Waals surface area (Å²) in [6, 6.07) is 29.4. The first-order chi connectivity index (χ1) is 29.0. The van der Waals surface area contributed by atoms with Crippen LogP contribution < -0.4 is 0 Å². The summed E-state index contributed by atoms with van der Waals surface area (Å²) in [7, 11) is 0. The molecule has 0 spiro atoms. The minimum Gasteiger partial charge on any atom is -0.445 e. The van der Waals surface area contributed by atoms with Crippen LogP contribution in [-0.4, -0.2) is 51.5 Å². The predicted molar refractivity (Wildman–Crippen MR) is 242 cm³/mol. The van der Waals surface area contributed by atoms with E-state index in [1.54, 1.807) is 32.5 Å². The molecular formula is C46H49BrN8O4S2. The van der Waals surface area contributed by atoms with Crippen molar-refractivity contribution in [2.24, 2.45) is 0 Å². The Hall–Kier alpha value is -5.64. The van der Waals surface area contributed by atoms with Gasteiger partial charge in [0.05, 0.1) is 25.2 Å². The zero-order valence-corrected chi connectivity index (χ0v) is 37.5. The Morgan fingerprint density at radius 3 is 1.51 bits per heavy atom. The minimum absolute atomic E-state index is 0. The molecule has 0 aliphatic carbocycles. The first kappa shape index (κ1) is 43.4. The van der Waals surface area contributed by atoms with Gasteiger partial charge in [0.15, 0.2) is 11.6 Å². The van der Waals surface area contributed by atoms with Gasteiger partial charge < -0.3 is 9.47 Å². The molecule has 0 bridgehead atoms. The molecule has 6 heterocycles. The number of halogens is 1.